The van der Waals surface area contributed by atoms with Crippen molar-refractivity contribution in [3.63, 3.8) is 0 Å². The highest BCUT2D eigenvalue weighted by Gasteiger charge is 2.27. The minimum absolute atomic E-state index is 0.0302. The summed E-state index contributed by atoms with van der Waals surface area (Å²) < 4.78 is 30.3. The second-order valence-electron chi connectivity index (χ2n) is 22.2. The van der Waals surface area contributed by atoms with Gasteiger partial charge in [0.25, 0.3) is 7.82 Å². The molecule has 0 aliphatic rings. The van der Waals surface area contributed by atoms with Crippen molar-refractivity contribution >= 4 is 19.7 Å². The monoisotopic (exact) mass is 1090 g/mol. The normalized spacial score (nSPS) is 14.3. The van der Waals surface area contributed by atoms with Gasteiger partial charge in [-0.05, 0) is 96.0 Å². The average molecular weight is 1100 g/mol. The Morgan fingerprint density at radius 1 is 0.481 bits per heavy atom. The molecule has 0 aliphatic carbocycles. The van der Waals surface area contributed by atoms with Crippen molar-refractivity contribution in [2.75, 3.05) is 40.9 Å². The summed E-state index contributed by atoms with van der Waals surface area (Å²) >= 11 is 0. The van der Waals surface area contributed by atoms with Crippen LogP contribution in [0.2, 0.25) is 0 Å². The summed E-state index contributed by atoms with van der Waals surface area (Å²) in [4.78, 5) is 40.0. The molecule has 0 saturated heterocycles. The lowest BCUT2D eigenvalue weighted by atomic mass is 10.0. The topological polar surface area (TPSA) is 114 Å². The largest absolute Gasteiger partial charge is 0.756 e. The maximum atomic E-state index is 13.5. The van der Waals surface area contributed by atoms with E-state index in [-0.39, 0.29) is 24.9 Å². The molecule has 0 saturated carbocycles. The fourth-order valence-corrected chi connectivity index (χ4v) is 9.40. The third kappa shape index (κ3) is 57.4. The number of carbonyl (C=O) groups excluding carboxylic acids is 2. The van der Waals surface area contributed by atoms with E-state index in [0.29, 0.717) is 17.4 Å². The van der Waals surface area contributed by atoms with Gasteiger partial charge in [-0.3, -0.25) is 14.2 Å². The van der Waals surface area contributed by atoms with E-state index in [1.54, 1.807) is 0 Å². The quantitative estimate of drug-likeness (QED) is 0.0161. The van der Waals surface area contributed by atoms with Gasteiger partial charge in [0.2, 0.25) is 5.91 Å². The maximum absolute atomic E-state index is 13.5. The Morgan fingerprint density at radius 2 is 0.883 bits per heavy atom. The number of nitrogens with zero attached hydrogens (tertiary/aromatic N) is 1. The summed E-state index contributed by atoms with van der Waals surface area (Å²) in [7, 11) is 1.16. The standard InChI is InChI=1S/C67H119N2O7P/c1-7-10-13-16-19-22-25-27-29-30-31-32-33-34-35-36-37-38-40-42-45-48-51-54-57-60-67(71)76-65(58-55-52-49-46-43-24-21-18-15-12-9-3)64(63-75-77(72,73)74-62-61-69(4,5)6)68-66(70)59-56-53-50-47-44-41-39-28-26-23-20-17-14-11-8-2/h11,14,17,19-20,22-23,26-27,29,31-32,34-35,55,58,64-65H,7-10,12-13,15-16,18,21,24-25,28,30,33,36-54,56-57,59-63H2,1-6H3,(H-,68,70,72,73)/b14-11+,20-17+,22-19-,26-23+,29-27-,32-31-,35-34-,58-55-. The third-order valence-electron chi connectivity index (χ3n) is 13.6. The van der Waals surface area contributed by atoms with E-state index in [9.17, 15) is 19.0 Å². The van der Waals surface area contributed by atoms with Crippen LogP contribution in [-0.4, -0.2) is 69.4 Å². The van der Waals surface area contributed by atoms with Gasteiger partial charge in [-0.1, -0.05) is 253 Å². The summed E-state index contributed by atoms with van der Waals surface area (Å²) in [6.07, 6.45) is 75.2. The molecule has 0 spiro atoms. The number of quaternary nitrogens is 1. The highest BCUT2D eigenvalue weighted by molar-refractivity contribution is 7.45. The number of allylic oxidation sites excluding steroid dienone is 15. The molecule has 1 amide bonds. The Kier molecular flexibility index (Phi) is 54.0. The van der Waals surface area contributed by atoms with Gasteiger partial charge in [0, 0.05) is 12.8 Å². The molecule has 0 aromatic carbocycles. The SMILES string of the molecule is CC/C=C/C=C/C=C/CCCCCCCCCC(=O)NC(COP(=O)([O-])OCC[N+](C)(C)C)C(/C=C\CCCCCCCCCCC)OC(=O)CCCCCCCCCCC/C=C\C/C=C\C/C=C\C/C=C\CCCCC. The number of likely N-dealkylation sites (N-methyl/N-ethyl adjacent to an activating group) is 1. The first-order valence-corrected chi connectivity index (χ1v) is 33.0. The average Bonchev–Trinajstić information content (AvgIpc) is 3.39. The number of unbranched alkanes of at least 4 members (excludes halogenated alkanes) is 28. The predicted molar refractivity (Wildman–Crippen MR) is 330 cm³/mol. The minimum atomic E-state index is -4.71. The van der Waals surface area contributed by atoms with Gasteiger partial charge in [0.05, 0.1) is 33.8 Å². The minimum Gasteiger partial charge on any atom is -0.756 e. The molecular weight excluding hydrogens is 976 g/mol. The van der Waals surface area contributed by atoms with E-state index in [0.717, 1.165) is 109 Å². The van der Waals surface area contributed by atoms with Gasteiger partial charge in [0.1, 0.15) is 19.3 Å². The van der Waals surface area contributed by atoms with Crippen LogP contribution in [0.25, 0.3) is 0 Å². The van der Waals surface area contributed by atoms with Gasteiger partial charge in [-0.2, -0.15) is 0 Å². The summed E-state index contributed by atoms with van der Waals surface area (Å²) in [5.41, 5.74) is 0. The van der Waals surface area contributed by atoms with Crippen molar-refractivity contribution < 1.29 is 37.3 Å². The summed E-state index contributed by atoms with van der Waals surface area (Å²) in [6, 6.07) is -0.902. The zero-order valence-electron chi connectivity index (χ0n) is 50.6. The molecule has 0 rings (SSSR count). The van der Waals surface area contributed by atoms with Crippen molar-refractivity contribution in [3.8, 4) is 0 Å². The number of hydrogen-bond donors (Lipinski definition) is 1. The molecule has 77 heavy (non-hydrogen) atoms. The third-order valence-corrected chi connectivity index (χ3v) is 14.5. The van der Waals surface area contributed by atoms with E-state index >= 15 is 0 Å². The van der Waals surface area contributed by atoms with Crippen LogP contribution in [0, 0.1) is 0 Å². The number of carbonyl (C=O) groups is 2. The van der Waals surface area contributed by atoms with Crippen LogP contribution in [-0.2, 0) is 27.9 Å². The van der Waals surface area contributed by atoms with Crippen molar-refractivity contribution in [1.29, 1.82) is 0 Å². The lowest BCUT2D eigenvalue weighted by molar-refractivity contribution is -0.870. The van der Waals surface area contributed by atoms with E-state index in [1.807, 2.05) is 33.3 Å². The molecule has 0 heterocycles. The summed E-state index contributed by atoms with van der Waals surface area (Å²) in [6.45, 7) is 6.66. The van der Waals surface area contributed by atoms with Crippen LogP contribution in [0.1, 0.15) is 265 Å². The first kappa shape index (κ1) is 73.9. The van der Waals surface area contributed by atoms with Crippen LogP contribution in [0.4, 0.5) is 0 Å². The Bertz CT molecular complexity index is 1640. The van der Waals surface area contributed by atoms with E-state index < -0.39 is 26.6 Å². The molecule has 9 nitrogen and oxygen atoms in total. The predicted octanol–water partition coefficient (Wildman–Crippen LogP) is 18.9. The number of nitrogens with one attached hydrogen (secondary N) is 1. The Morgan fingerprint density at radius 3 is 1.38 bits per heavy atom. The van der Waals surface area contributed by atoms with Crippen LogP contribution < -0.4 is 10.2 Å². The number of phosphoric ester groups is 1. The highest BCUT2D eigenvalue weighted by Crippen LogP contribution is 2.38. The van der Waals surface area contributed by atoms with Gasteiger partial charge in [0.15, 0.2) is 0 Å². The Labute approximate surface area is 475 Å². The Hall–Kier alpha value is -3.07. The molecule has 3 atom stereocenters. The maximum Gasteiger partial charge on any atom is 0.306 e. The van der Waals surface area contributed by atoms with Crippen LogP contribution >= 0.6 is 7.82 Å². The summed E-state index contributed by atoms with van der Waals surface area (Å²) in [5.74, 6) is -0.565. The molecule has 3 unspecified atom stereocenters. The highest BCUT2D eigenvalue weighted by atomic mass is 31.2. The van der Waals surface area contributed by atoms with Crippen molar-refractivity contribution in [1.82, 2.24) is 5.32 Å². The second kappa shape index (κ2) is 56.2. The molecule has 0 bridgehead atoms. The Balaban J connectivity index is 5.15. The van der Waals surface area contributed by atoms with Crippen molar-refractivity contribution in [2.45, 2.75) is 277 Å². The fourth-order valence-electron chi connectivity index (χ4n) is 8.68. The number of ether oxygens (including phenoxy) is 1. The molecule has 0 aliphatic heterocycles. The molecule has 0 fully saturated rings. The van der Waals surface area contributed by atoms with E-state index in [4.69, 9.17) is 13.8 Å². The van der Waals surface area contributed by atoms with Crippen molar-refractivity contribution in [3.05, 3.63) is 97.2 Å². The smallest absolute Gasteiger partial charge is 0.306 e. The fraction of sp³-hybridized carbons (Fsp3) is 0.731. The van der Waals surface area contributed by atoms with Gasteiger partial charge >= 0.3 is 5.97 Å². The molecular formula is C67H119N2O7P. The first-order valence-electron chi connectivity index (χ1n) is 31.6. The van der Waals surface area contributed by atoms with Crippen LogP contribution in [0.15, 0.2) is 97.2 Å². The molecule has 0 aromatic heterocycles. The molecule has 0 radical (unpaired) electrons. The molecule has 10 heteroatoms. The van der Waals surface area contributed by atoms with Crippen molar-refractivity contribution in [2.24, 2.45) is 0 Å². The number of phosphoric acid groups is 1. The molecule has 0 aromatic rings. The van der Waals surface area contributed by atoms with Gasteiger partial charge in [-0.25, -0.2) is 0 Å². The number of amides is 1. The van der Waals surface area contributed by atoms with E-state index in [2.05, 4.69) is 111 Å². The zero-order valence-corrected chi connectivity index (χ0v) is 51.5. The molecule has 444 valence electrons. The van der Waals surface area contributed by atoms with E-state index in [1.165, 1.54) is 122 Å². The van der Waals surface area contributed by atoms with Gasteiger partial charge < -0.3 is 28.5 Å². The lowest BCUT2D eigenvalue weighted by Gasteiger charge is -2.30. The van der Waals surface area contributed by atoms with Crippen LogP contribution in [0.5, 0.6) is 0 Å². The number of esters is 1. The second-order valence-corrected chi connectivity index (χ2v) is 23.6. The molecule has 1 N–H and O–H groups in total. The van der Waals surface area contributed by atoms with Gasteiger partial charge in [-0.15, -0.1) is 0 Å². The lowest BCUT2D eigenvalue weighted by Crippen LogP contribution is -2.47. The summed E-state index contributed by atoms with van der Waals surface area (Å²) in [5, 5.41) is 3.02. The number of rotatable bonds is 56. The van der Waals surface area contributed by atoms with Crippen LogP contribution in [0.3, 0.4) is 0 Å². The number of hydrogen-bond acceptors (Lipinski definition) is 7. The zero-order chi connectivity index (χ0) is 56.4. The first-order chi connectivity index (χ1) is 37.4.